The Hall–Kier alpha value is -3.57. The van der Waals surface area contributed by atoms with Crippen LogP contribution >= 0.6 is 11.3 Å². The fourth-order valence-corrected chi connectivity index (χ4v) is 3.21. The van der Waals surface area contributed by atoms with Crippen LogP contribution in [0.4, 0.5) is 9.93 Å². The molecule has 3 rings (SSSR count). The molecular formula is C20H18N4O3S. The highest BCUT2D eigenvalue weighted by Crippen LogP contribution is 2.27. The van der Waals surface area contributed by atoms with E-state index in [1.165, 1.54) is 11.3 Å². The molecule has 0 saturated heterocycles. The van der Waals surface area contributed by atoms with Gasteiger partial charge in [0.15, 0.2) is 16.6 Å². The second kappa shape index (κ2) is 8.88. The number of nitriles is 1. The molecular weight excluding hydrogens is 376 g/mol. The Labute approximate surface area is 166 Å². The van der Waals surface area contributed by atoms with Gasteiger partial charge in [0, 0.05) is 17.5 Å². The van der Waals surface area contributed by atoms with Gasteiger partial charge in [-0.1, -0.05) is 18.2 Å². The first-order chi connectivity index (χ1) is 13.6. The van der Waals surface area contributed by atoms with Gasteiger partial charge in [-0.25, -0.2) is 9.78 Å². The van der Waals surface area contributed by atoms with Crippen molar-refractivity contribution in [2.24, 2.45) is 0 Å². The maximum absolute atomic E-state index is 12.1. The third-order valence-corrected chi connectivity index (χ3v) is 4.69. The minimum Gasteiger partial charge on any atom is -0.493 e. The molecule has 0 radical (unpaired) electrons. The lowest BCUT2D eigenvalue weighted by Crippen LogP contribution is -2.28. The van der Waals surface area contributed by atoms with E-state index in [4.69, 9.17) is 14.7 Å². The molecule has 0 unspecified atom stereocenters. The molecule has 0 bridgehead atoms. The fourth-order valence-electron chi connectivity index (χ4n) is 2.49. The average Bonchev–Trinajstić information content (AvgIpc) is 3.20. The van der Waals surface area contributed by atoms with Gasteiger partial charge in [-0.15, -0.1) is 11.3 Å². The van der Waals surface area contributed by atoms with E-state index in [1.807, 2.05) is 29.6 Å². The van der Waals surface area contributed by atoms with Gasteiger partial charge in [-0.2, -0.15) is 5.26 Å². The van der Waals surface area contributed by atoms with E-state index >= 15 is 0 Å². The van der Waals surface area contributed by atoms with Crippen LogP contribution in [0.3, 0.4) is 0 Å². The van der Waals surface area contributed by atoms with Crippen LogP contribution in [0.5, 0.6) is 11.5 Å². The van der Waals surface area contributed by atoms with Gasteiger partial charge in [0.1, 0.15) is 0 Å². The van der Waals surface area contributed by atoms with Crippen molar-refractivity contribution in [2.45, 2.75) is 6.54 Å². The first kappa shape index (κ1) is 19.2. The largest absolute Gasteiger partial charge is 0.493 e. The van der Waals surface area contributed by atoms with E-state index in [9.17, 15) is 4.79 Å². The Bertz CT molecular complexity index is 1010. The zero-order chi connectivity index (χ0) is 19.9. The number of aromatic nitrogens is 1. The molecule has 142 valence electrons. The molecule has 7 nitrogen and oxygen atoms in total. The highest BCUT2D eigenvalue weighted by atomic mass is 32.1. The monoisotopic (exact) mass is 394 g/mol. The maximum Gasteiger partial charge on any atom is 0.321 e. The first-order valence-electron chi connectivity index (χ1n) is 8.34. The van der Waals surface area contributed by atoms with Crippen molar-refractivity contribution in [3.8, 4) is 28.8 Å². The number of benzene rings is 2. The normalized spacial score (nSPS) is 10.0. The van der Waals surface area contributed by atoms with Crippen LogP contribution in [0.1, 0.15) is 11.1 Å². The number of ether oxygens (including phenoxy) is 2. The predicted octanol–water partition coefficient (Wildman–Crippen LogP) is 4.02. The second-order valence-corrected chi connectivity index (χ2v) is 6.58. The second-order valence-electron chi connectivity index (χ2n) is 5.72. The molecule has 28 heavy (non-hydrogen) atoms. The Kier molecular flexibility index (Phi) is 6.09. The number of anilines is 1. The number of hydrogen-bond acceptors (Lipinski definition) is 6. The molecule has 0 saturated carbocycles. The molecule has 0 fully saturated rings. The predicted molar refractivity (Wildman–Crippen MR) is 108 cm³/mol. The van der Waals surface area contributed by atoms with Crippen molar-refractivity contribution >= 4 is 22.5 Å². The van der Waals surface area contributed by atoms with Crippen LogP contribution in [0.15, 0.2) is 47.8 Å². The molecule has 2 aromatic carbocycles. The molecule has 2 N–H and O–H groups in total. The minimum atomic E-state index is -0.351. The third-order valence-electron chi connectivity index (χ3n) is 3.94. The molecule has 3 aromatic rings. The topological polar surface area (TPSA) is 96.3 Å². The summed E-state index contributed by atoms with van der Waals surface area (Å²) >= 11 is 1.33. The molecule has 8 heteroatoms. The van der Waals surface area contributed by atoms with E-state index in [0.29, 0.717) is 28.7 Å². The van der Waals surface area contributed by atoms with E-state index in [0.717, 1.165) is 16.8 Å². The van der Waals surface area contributed by atoms with Crippen molar-refractivity contribution in [1.29, 1.82) is 5.26 Å². The van der Waals surface area contributed by atoms with Crippen molar-refractivity contribution < 1.29 is 14.3 Å². The van der Waals surface area contributed by atoms with Crippen molar-refractivity contribution in [2.75, 3.05) is 19.5 Å². The third kappa shape index (κ3) is 4.58. The number of hydrogen-bond donors (Lipinski definition) is 2. The Morgan fingerprint density at radius 3 is 2.57 bits per heavy atom. The number of methoxy groups -OCH3 is 2. The smallest absolute Gasteiger partial charge is 0.321 e. The van der Waals surface area contributed by atoms with Crippen molar-refractivity contribution in [3.05, 3.63) is 59.0 Å². The summed E-state index contributed by atoms with van der Waals surface area (Å²) in [5.74, 6) is 1.24. The molecule has 0 aliphatic rings. The number of thiazole rings is 1. The quantitative estimate of drug-likeness (QED) is 0.658. The summed E-state index contributed by atoms with van der Waals surface area (Å²) in [4.78, 5) is 16.6. The minimum absolute atomic E-state index is 0.333. The van der Waals surface area contributed by atoms with Crippen LogP contribution in [-0.4, -0.2) is 25.2 Å². The first-order valence-corrected chi connectivity index (χ1v) is 9.22. The average molecular weight is 394 g/mol. The van der Waals surface area contributed by atoms with Gasteiger partial charge in [0.25, 0.3) is 0 Å². The Balaban J connectivity index is 1.58. The number of nitrogens with zero attached hydrogens (tertiary/aromatic N) is 2. The lowest BCUT2D eigenvalue weighted by atomic mass is 10.1. The van der Waals surface area contributed by atoms with Crippen molar-refractivity contribution in [3.63, 3.8) is 0 Å². The van der Waals surface area contributed by atoms with Crippen LogP contribution in [-0.2, 0) is 6.54 Å². The zero-order valence-corrected chi connectivity index (χ0v) is 16.2. The molecule has 1 heterocycles. The molecule has 0 spiro atoms. The summed E-state index contributed by atoms with van der Waals surface area (Å²) in [6.07, 6.45) is 0. The van der Waals surface area contributed by atoms with Gasteiger partial charge in [0.2, 0.25) is 0 Å². The number of carbonyl (C=O) groups excluding carboxylic acids is 1. The number of rotatable bonds is 6. The number of carbonyl (C=O) groups is 1. The van der Waals surface area contributed by atoms with Gasteiger partial charge < -0.3 is 14.8 Å². The van der Waals surface area contributed by atoms with E-state index in [2.05, 4.69) is 21.7 Å². The van der Waals surface area contributed by atoms with Crippen LogP contribution in [0.25, 0.3) is 11.3 Å². The number of urea groups is 1. The maximum atomic E-state index is 12.1. The molecule has 2 amide bonds. The standard InChI is InChI=1S/C20H18N4O3S/c1-26-17-8-5-14(9-18(17)27-2)11-22-19(25)24-20-23-16(12-28-20)15-6-3-13(10-21)4-7-15/h3-9,12H,11H2,1-2H3,(H2,22,23,24,25). The van der Waals surface area contributed by atoms with Crippen LogP contribution < -0.4 is 20.1 Å². The summed E-state index contributed by atoms with van der Waals surface area (Å²) in [5, 5.41) is 16.7. The summed E-state index contributed by atoms with van der Waals surface area (Å²) in [6.45, 7) is 0.333. The summed E-state index contributed by atoms with van der Waals surface area (Å²) in [7, 11) is 3.14. The highest BCUT2D eigenvalue weighted by Gasteiger charge is 2.09. The van der Waals surface area contributed by atoms with E-state index < -0.39 is 0 Å². The molecule has 0 aliphatic heterocycles. The summed E-state index contributed by atoms with van der Waals surface area (Å²) in [5.41, 5.74) is 3.09. The van der Waals surface area contributed by atoms with Gasteiger partial charge in [0.05, 0.1) is 31.5 Å². The van der Waals surface area contributed by atoms with Crippen molar-refractivity contribution in [1.82, 2.24) is 10.3 Å². The lowest BCUT2D eigenvalue weighted by molar-refractivity contribution is 0.251. The molecule has 1 aromatic heterocycles. The summed E-state index contributed by atoms with van der Waals surface area (Å²) < 4.78 is 10.5. The fraction of sp³-hybridized carbons (Fsp3) is 0.150. The molecule has 0 aliphatic carbocycles. The highest BCUT2D eigenvalue weighted by molar-refractivity contribution is 7.14. The van der Waals surface area contributed by atoms with Gasteiger partial charge >= 0.3 is 6.03 Å². The lowest BCUT2D eigenvalue weighted by Gasteiger charge is -2.10. The number of nitrogens with one attached hydrogen (secondary N) is 2. The van der Waals surface area contributed by atoms with E-state index in [1.54, 1.807) is 32.4 Å². The Morgan fingerprint density at radius 2 is 1.89 bits per heavy atom. The zero-order valence-electron chi connectivity index (χ0n) is 15.4. The van der Waals surface area contributed by atoms with Gasteiger partial charge in [-0.3, -0.25) is 5.32 Å². The Morgan fingerprint density at radius 1 is 1.14 bits per heavy atom. The van der Waals surface area contributed by atoms with Crippen LogP contribution in [0, 0.1) is 11.3 Å². The molecule has 0 atom stereocenters. The number of amides is 2. The van der Waals surface area contributed by atoms with Gasteiger partial charge in [-0.05, 0) is 29.8 Å². The van der Waals surface area contributed by atoms with Crippen LogP contribution in [0.2, 0.25) is 0 Å². The SMILES string of the molecule is COc1ccc(CNC(=O)Nc2nc(-c3ccc(C#N)cc3)cs2)cc1OC. The van der Waals surface area contributed by atoms with E-state index in [-0.39, 0.29) is 6.03 Å². The summed E-state index contributed by atoms with van der Waals surface area (Å²) in [6, 6.07) is 14.3.